The average Bonchev–Trinajstić information content (AvgIpc) is 3.30. The van der Waals surface area contributed by atoms with Crippen molar-refractivity contribution in [2.24, 2.45) is 0 Å². The molecule has 1 aromatic carbocycles. The molecule has 1 saturated carbocycles. The maximum absolute atomic E-state index is 9.96. The predicted octanol–water partition coefficient (Wildman–Crippen LogP) is 2.65. The van der Waals surface area contributed by atoms with E-state index in [0.29, 0.717) is 12.6 Å². The van der Waals surface area contributed by atoms with Crippen LogP contribution in [0.3, 0.4) is 0 Å². The number of benzene rings is 1. The Balaban J connectivity index is 1.57. The molecule has 5 nitrogen and oxygen atoms in total. The van der Waals surface area contributed by atoms with Crippen LogP contribution >= 0.6 is 0 Å². The summed E-state index contributed by atoms with van der Waals surface area (Å²) in [5.41, 5.74) is 1.71. The van der Waals surface area contributed by atoms with E-state index >= 15 is 0 Å². The van der Waals surface area contributed by atoms with Crippen LogP contribution in [0, 0.1) is 6.92 Å². The lowest BCUT2D eigenvalue weighted by Crippen LogP contribution is -2.32. The third-order valence-electron chi connectivity index (χ3n) is 3.65. The third kappa shape index (κ3) is 4.94. The molecule has 1 fully saturated rings. The smallest absolute Gasteiger partial charge is 0.134 e. The van der Waals surface area contributed by atoms with Crippen molar-refractivity contribution in [1.29, 1.82) is 0 Å². The molecule has 1 aliphatic carbocycles. The maximum atomic E-state index is 9.96. The van der Waals surface area contributed by atoms with Crippen molar-refractivity contribution in [3.63, 3.8) is 0 Å². The zero-order valence-electron chi connectivity index (χ0n) is 13.2. The molecule has 2 N–H and O–H groups in total. The first-order valence-electron chi connectivity index (χ1n) is 7.95. The van der Waals surface area contributed by atoms with E-state index in [1.807, 2.05) is 49.4 Å². The summed E-state index contributed by atoms with van der Waals surface area (Å²) in [5.74, 6) is 1.52. The van der Waals surface area contributed by atoms with Crippen LogP contribution in [-0.4, -0.2) is 35.6 Å². The molecule has 0 bridgehead atoms. The fourth-order valence-electron chi connectivity index (χ4n) is 2.22. The van der Waals surface area contributed by atoms with Crippen LogP contribution < -0.4 is 10.1 Å². The standard InChI is InChI=1S/C18H22N2O3/c1-13-10-16(20-23-13)7-6-14-4-2-3-5-18(14)22-12-17(21)11-19-15-8-9-15/h2-7,10,15,17,19,21H,8-9,11-12H2,1H3/b7-6-. The summed E-state index contributed by atoms with van der Waals surface area (Å²) in [5, 5.41) is 17.2. The number of aromatic nitrogens is 1. The number of ether oxygens (including phenoxy) is 1. The summed E-state index contributed by atoms with van der Waals surface area (Å²) in [7, 11) is 0. The highest BCUT2D eigenvalue weighted by atomic mass is 16.5. The van der Waals surface area contributed by atoms with Gasteiger partial charge in [0.2, 0.25) is 0 Å². The minimum atomic E-state index is -0.508. The quantitative estimate of drug-likeness (QED) is 0.784. The molecule has 1 heterocycles. The highest BCUT2D eigenvalue weighted by Crippen LogP contribution is 2.21. The first-order valence-corrected chi connectivity index (χ1v) is 7.95. The normalized spacial score (nSPS) is 15.9. The first-order chi connectivity index (χ1) is 11.2. The summed E-state index contributed by atoms with van der Waals surface area (Å²) in [6.07, 6.45) is 5.72. The van der Waals surface area contributed by atoms with E-state index in [4.69, 9.17) is 9.26 Å². The molecule has 23 heavy (non-hydrogen) atoms. The van der Waals surface area contributed by atoms with Crippen molar-refractivity contribution in [1.82, 2.24) is 10.5 Å². The molecule has 1 aliphatic rings. The molecule has 0 saturated heterocycles. The maximum Gasteiger partial charge on any atom is 0.134 e. The largest absolute Gasteiger partial charge is 0.490 e. The van der Waals surface area contributed by atoms with E-state index < -0.39 is 6.10 Å². The molecule has 5 heteroatoms. The van der Waals surface area contributed by atoms with E-state index in [1.165, 1.54) is 12.8 Å². The monoisotopic (exact) mass is 314 g/mol. The first kappa shape index (κ1) is 15.8. The number of hydrogen-bond acceptors (Lipinski definition) is 5. The number of aliphatic hydroxyl groups excluding tert-OH is 1. The van der Waals surface area contributed by atoms with Crippen molar-refractivity contribution in [2.45, 2.75) is 31.9 Å². The Morgan fingerprint density at radius 3 is 2.96 bits per heavy atom. The minimum absolute atomic E-state index is 0.271. The van der Waals surface area contributed by atoms with E-state index in [1.54, 1.807) is 0 Å². The Morgan fingerprint density at radius 1 is 1.39 bits per heavy atom. The predicted molar refractivity (Wildman–Crippen MR) is 89.1 cm³/mol. The van der Waals surface area contributed by atoms with Gasteiger partial charge < -0.3 is 19.7 Å². The van der Waals surface area contributed by atoms with E-state index in [2.05, 4.69) is 10.5 Å². The molecule has 1 aromatic heterocycles. The fourth-order valence-corrected chi connectivity index (χ4v) is 2.22. The number of aliphatic hydroxyl groups is 1. The number of aryl methyl sites for hydroxylation is 1. The van der Waals surface area contributed by atoms with Gasteiger partial charge in [-0.3, -0.25) is 0 Å². The van der Waals surface area contributed by atoms with Gasteiger partial charge in [-0.25, -0.2) is 0 Å². The van der Waals surface area contributed by atoms with Crippen molar-refractivity contribution in [2.75, 3.05) is 13.2 Å². The highest BCUT2D eigenvalue weighted by Gasteiger charge is 2.21. The molecule has 3 rings (SSSR count). The van der Waals surface area contributed by atoms with Crippen molar-refractivity contribution >= 4 is 12.2 Å². The summed E-state index contributed by atoms with van der Waals surface area (Å²) in [4.78, 5) is 0. The summed E-state index contributed by atoms with van der Waals surface area (Å²) < 4.78 is 10.8. The van der Waals surface area contributed by atoms with Gasteiger partial charge in [0.05, 0.1) is 0 Å². The number of nitrogens with zero attached hydrogens (tertiary/aromatic N) is 1. The zero-order chi connectivity index (χ0) is 16.1. The molecule has 0 amide bonds. The average molecular weight is 314 g/mol. The van der Waals surface area contributed by atoms with Crippen molar-refractivity contribution < 1.29 is 14.4 Å². The molecular weight excluding hydrogens is 292 g/mol. The van der Waals surface area contributed by atoms with E-state index in [-0.39, 0.29) is 6.61 Å². The van der Waals surface area contributed by atoms with Crippen molar-refractivity contribution in [3.8, 4) is 5.75 Å². The Labute approximate surface area is 136 Å². The van der Waals surface area contributed by atoms with Gasteiger partial charge in [-0.2, -0.15) is 0 Å². The molecule has 0 radical (unpaired) electrons. The Morgan fingerprint density at radius 2 is 2.22 bits per heavy atom. The van der Waals surface area contributed by atoms with Crippen molar-refractivity contribution in [3.05, 3.63) is 47.3 Å². The SMILES string of the molecule is Cc1cc(/C=C\c2ccccc2OCC(O)CNC2CC2)no1. The van der Waals surface area contributed by atoms with Crippen LogP contribution in [-0.2, 0) is 0 Å². The summed E-state index contributed by atoms with van der Waals surface area (Å²) >= 11 is 0. The Kier molecular flexibility index (Phi) is 5.10. The Bertz CT molecular complexity index is 662. The minimum Gasteiger partial charge on any atom is -0.490 e. The second-order valence-electron chi connectivity index (χ2n) is 5.88. The second kappa shape index (κ2) is 7.44. The van der Waals surface area contributed by atoms with Gasteiger partial charge in [0.15, 0.2) is 0 Å². The number of para-hydroxylation sites is 1. The molecule has 0 spiro atoms. The van der Waals surface area contributed by atoms with Gasteiger partial charge in [0.25, 0.3) is 0 Å². The van der Waals surface area contributed by atoms with Crippen LogP contribution in [0.5, 0.6) is 5.75 Å². The van der Waals surface area contributed by atoms with Crippen LogP contribution in [0.15, 0.2) is 34.9 Å². The number of rotatable bonds is 8. The van der Waals surface area contributed by atoms with Gasteiger partial charge in [-0.15, -0.1) is 0 Å². The highest BCUT2D eigenvalue weighted by molar-refractivity contribution is 5.71. The topological polar surface area (TPSA) is 67.5 Å². The number of nitrogens with one attached hydrogen (secondary N) is 1. The van der Waals surface area contributed by atoms with Crippen LogP contribution in [0.2, 0.25) is 0 Å². The van der Waals surface area contributed by atoms with Gasteiger partial charge >= 0.3 is 0 Å². The van der Waals surface area contributed by atoms with Crippen LogP contribution in [0.25, 0.3) is 12.2 Å². The van der Waals surface area contributed by atoms with Crippen LogP contribution in [0.1, 0.15) is 29.9 Å². The molecule has 0 aliphatic heterocycles. The Hall–Kier alpha value is -2.11. The number of hydrogen-bond donors (Lipinski definition) is 2. The molecule has 122 valence electrons. The lowest BCUT2D eigenvalue weighted by atomic mass is 10.1. The third-order valence-corrected chi connectivity index (χ3v) is 3.65. The van der Waals surface area contributed by atoms with Gasteiger partial charge in [0, 0.05) is 24.2 Å². The lowest BCUT2D eigenvalue weighted by Gasteiger charge is -2.14. The lowest BCUT2D eigenvalue weighted by molar-refractivity contribution is 0.106. The van der Waals surface area contributed by atoms with Gasteiger partial charge in [-0.05, 0) is 38.0 Å². The summed E-state index contributed by atoms with van der Waals surface area (Å²) in [6, 6.07) is 10.2. The molecule has 1 atom stereocenters. The van der Waals surface area contributed by atoms with Gasteiger partial charge in [0.1, 0.15) is 29.9 Å². The van der Waals surface area contributed by atoms with E-state index in [0.717, 1.165) is 22.8 Å². The van der Waals surface area contributed by atoms with Crippen LogP contribution in [0.4, 0.5) is 0 Å². The zero-order valence-corrected chi connectivity index (χ0v) is 13.2. The fraction of sp³-hybridized carbons (Fsp3) is 0.389. The van der Waals surface area contributed by atoms with E-state index in [9.17, 15) is 5.11 Å². The molecule has 1 unspecified atom stereocenters. The van der Waals surface area contributed by atoms with Gasteiger partial charge in [-0.1, -0.05) is 23.4 Å². The second-order valence-corrected chi connectivity index (χ2v) is 5.88. The summed E-state index contributed by atoms with van der Waals surface area (Å²) in [6.45, 7) is 2.70. The molecular formula is C18H22N2O3. The molecule has 2 aromatic rings.